The summed E-state index contributed by atoms with van der Waals surface area (Å²) in [5.74, 6) is -2.04. The Labute approximate surface area is 150 Å². The molecule has 9 nitrogen and oxygen atoms in total. The van der Waals surface area contributed by atoms with E-state index in [1.807, 2.05) is 0 Å². The van der Waals surface area contributed by atoms with Crippen molar-refractivity contribution >= 4 is 23.5 Å². The lowest BCUT2D eigenvalue weighted by molar-refractivity contribution is -0.385. The van der Waals surface area contributed by atoms with Crippen LogP contribution >= 0.6 is 0 Å². The number of rotatable bonds is 9. The highest BCUT2D eigenvalue weighted by molar-refractivity contribution is 5.96. The second-order valence-corrected chi connectivity index (χ2v) is 6.01. The molecule has 0 aliphatic rings. The molecule has 0 bridgehead atoms. The Kier molecular flexibility index (Phi) is 7.24. The van der Waals surface area contributed by atoms with Gasteiger partial charge in [-0.2, -0.15) is 0 Å². The van der Waals surface area contributed by atoms with Gasteiger partial charge in [-0.3, -0.25) is 24.5 Å². The van der Waals surface area contributed by atoms with Gasteiger partial charge in [0.25, 0.3) is 11.6 Å². The predicted octanol–water partition coefficient (Wildman–Crippen LogP) is 1.64. The van der Waals surface area contributed by atoms with Crippen molar-refractivity contribution in [2.75, 3.05) is 13.1 Å². The van der Waals surface area contributed by atoms with Crippen LogP contribution in [0.4, 0.5) is 5.69 Å². The molecule has 0 aliphatic heterocycles. The number of carbonyl (C=O) groups is 3. The van der Waals surface area contributed by atoms with Crippen LogP contribution in [0.1, 0.15) is 42.6 Å². The number of nitro benzene ring substituents is 1. The predicted molar refractivity (Wildman–Crippen MR) is 93.8 cm³/mol. The van der Waals surface area contributed by atoms with E-state index in [2.05, 4.69) is 10.6 Å². The average molecular weight is 365 g/mol. The topological polar surface area (TPSA) is 139 Å². The van der Waals surface area contributed by atoms with Crippen LogP contribution in [0, 0.1) is 22.5 Å². The highest BCUT2D eigenvalue weighted by Gasteiger charge is 2.35. The number of nitrogens with zero attached hydrogens (tertiary/aromatic N) is 1. The van der Waals surface area contributed by atoms with Crippen LogP contribution in [0.3, 0.4) is 0 Å². The summed E-state index contributed by atoms with van der Waals surface area (Å²) in [5.41, 5.74) is -0.592. The molecule has 0 unspecified atom stereocenters. The molecule has 0 saturated carbocycles. The van der Waals surface area contributed by atoms with Gasteiger partial charge in [0.15, 0.2) is 0 Å². The van der Waals surface area contributed by atoms with Gasteiger partial charge >= 0.3 is 5.97 Å². The first-order chi connectivity index (χ1) is 12.2. The zero-order chi connectivity index (χ0) is 19.9. The number of carbonyl (C=O) groups excluding carboxylic acids is 2. The van der Waals surface area contributed by atoms with E-state index in [0.29, 0.717) is 18.4 Å². The quantitative estimate of drug-likeness (QED) is 0.449. The molecule has 1 rings (SSSR count). The minimum atomic E-state index is -1.03. The number of amides is 2. The summed E-state index contributed by atoms with van der Waals surface area (Å²) < 4.78 is 0. The Morgan fingerprint density at radius 1 is 1.19 bits per heavy atom. The SMILES string of the molecule is CCC(CC)(CNC(=O)CNC(=O)c1ccc([N+](=O)[O-])c(C)c1)C(=O)O. The number of benzene rings is 1. The highest BCUT2D eigenvalue weighted by Crippen LogP contribution is 2.25. The zero-order valence-corrected chi connectivity index (χ0v) is 15.0. The number of nitrogens with one attached hydrogen (secondary N) is 2. The molecule has 0 heterocycles. The van der Waals surface area contributed by atoms with Crippen LogP contribution in [-0.2, 0) is 9.59 Å². The zero-order valence-electron chi connectivity index (χ0n) is 15.0. The van der Waals surface area contributed by atoms with Crippen molar-refractivity contribution in [2.24, 2.45) is 5.41 Å². The third-order valence-corrected chi connectivity index (χ3v) is 4.50. The summed E-state index contributed by atoms with van der Waals surface area (Å²) in [6.07, 6.45) is 0.737. The Hall–Kier alpha value is -2.97. The van der Waals surface area contributed by atoms with Gasteiger partial charge in [-0.05, 0) is 31.9 Å². The minimum absolute atomic E-state index is 0.0271. The largest absolute Gasteiger partial charge is 0.481 e. The van der Waals surface area contributed by atoms with Crippen molar-refractivity contribution in [1.82, 2.24) is 10.6 Å². The Morgan fingerprint density at radius 2 is 1.81 bits per heavy atom. The first-order valence-electron chi connectivity index (χ1n) is 8.20. The van der Waals surface area contributed by atoms with Crippen molar-refractivity contribution in [1.29, 1.82) is 0 Å². The van der Waals surface area contributed by atoms with E-state index in [4.69, 9.17) is 0 Å². The lowest BCUT2D eigenvalue weighted by Crippen LogP contribution is -2.45. The van der Waals surface area contributed by atoms with E-state index in [9.17, 15) is 29.6 Å². The molecule has 0 aliphatic carbocycles. The molecule has 0 aromatic heterocycles. The van der Waals surface area contributed by atoms with Gasteiger partial charge in [-0.1, -0.05) is 13.8 Å². The van der Waals surface area contributed by atoms with Crippen molar-refractivity contribution < 1.29 is 24.4 Å². The number of hydrogen-bond donors (Lipinski definition) is 3. The fourth-order valence-corrected chi connectivity index (χ4v) is 2.47. The van der Waals surface area contributed by atoms with Crippen molar-refractivity contribution in [3.8, 4) is 0 Å². The van der Waals surface area contributed by atoms with E-state index >= 15 is 0 Å². The molecule has 26 heavy (non-hydrogen) atoms. The van der Waals surface area contributed by atoms with Crippen LogP contribution in [0.5, 0.6) is 0 Å². The lowest BCUT2D eigenvalue weighted by atomic mass is 9.82. The lowest BCUT2D eigenvalue weighted by Gasteiger charge is -2.26. The van der Waals surface area contributed by atoms with E-state index in [0.717, 1.165) is 0 Å². The maximum atomic E-state index is 12.0. The first kappa shape index (κ1) is 21.1. The molecule has 9 heteroatoms. The summed E-state index contributed by atoms with van der Waals surface area (Å²) in [5, 5.41) is 25.0. The van der Waals surface area contributed by atoms with Crippen LogP contribution in [-0.4, -0.2) is 40.9 Å². The van der Waals surface area contributed by atoms with E-state index in [-0.39, 0.29) is 24.3 Å². The standard InChI is InChI=1S/C17H23N3O6/c1-4-17(5-2,16(23)24)10-19-14(21)9-18-15(22)12-6-7-13(20(25)26)11(3)8-12/h6-8H,4-5,9-10H2,1-3H3,(H,18,22)(H,19,21)(H,23,24). The van der Waals surface area contributed by atoms with Gasteiger partial charge in [0.2, 0.25) is 5.91 Å². The van der Waals surface area contributed by atoms with E-state index in [1.165, 1.54) is 25.1 Å². The van der Waals surface area contributed by atoms with Gasteiger partial charge in [-0.25, -0.2) is 0 Å². The molecule has 0 spiro atoms. The Bertz CT molecular complexity index is 712. The number of carboxylic acids is 1. The van der Waals surface area contributed by atoms with Gasteiger partial charge in [0.1, 0.15) is 0 Å². The normalized spacial score (nSPS) is 10.9. The number of nitro groups is 1. The summed E-state index contributed by atoms with van der Waals surface area (Å²) in [7, 11) is 0. The van der Waals surface area contributed by atoms with Gasteiger partial charge in [-0.15, -0.1) is 0 Å². The Balaban J connectivity index is 2.62. The molecule has 2 amide bonds. The molecule has 3 N–H and O–H groups in total. The summed E-state index contributed by atoms with van der Waals surface area (Å²) in [6.45, 7) is 4.65. The number of aryl methyl sites for hydroxylation is 1. The molecular weight excluding hydrogens is 342 g/mol. The minimum Gasteiger partial charge on any atom is -0.481 e. The molecule has 0 radical (unpaired) electrons. The number of aliphatic carboxylic acids is 1. The molecule has 0 atom stereocenters. The third kappa shape index (κ3) is 5.01. The van der Waals surface area contributed by atoms with Gasteiger partial charge < -0.3 is 15.7 Å². The first-order valence-corrected chi connectivity index (χ1v) is 8.20. The smallest absolute Gasteiger partial charge is 0.311 e. The molecule has 1 aromatic carbocycles. The Morgan fingerprint density at radius 3 is 2.27 bits per heavy atom. The average Bonchev–Trinajstić information content (AvgIpc) is 2.60. The molecule has 0 saturated heterocycles. The molecule has 142 valence electrons. The summed E-state index contributed by atoms with van der Waals surface area (Å²) in [4.78, 5) is 45.6. The maximum Gasteiger partial charge on any atom is 0.311 e. The van der Waals surface area contributed by atoms with Crippen LogP contribution < -0.4 is 10.6 Å². The number of carboxylic acid groups (broad SMARTS) is 1. The molecule has 0 fully saturated rings. The van der Waals surface area contributed by atoms with Gasteiger partial charge in [0, 0.05) is 23.7 Å². The second kappa shape index (κ2) is 8.93. The molecule has 1 aromatic rings. The van der Waals surface area contributed by atoms with Crippen molar-refractivity contribution in [2.45, 2.75) is 33.6 Å². The van der Waals surface area contributed by atoms with Crippen LogP contribution in [0.2, 0.25) is 0 Å². The molecular formula is C17H23N3O6. The van der Waals surface area contributed by atoms with Crippen LogP contribution in [0.15, 0.2) is 18.2 Å². The summed E-state index contributed by atoms with van der Waals surface area (Å²) in [6, 6.07) is 3.91. The third-order valence-electron chi connectivity index (χ3n) is 4.50. The monoisotopic (exact) mass is 365 g/mol. The second-order valence-electron chi connectivity index (χ2n) is 6.01. The van der Waals surface area contributed by atoms with Crippen LogP contribution in [0.25, 0.3) is 0 Å². The summed E-state index contributed by atoms with van der Waals surface area (Å²) >= 11 is 0. The van der Waals surface area contributed by atoms with Crippen molar-refractivity contribution in [3.05, 3.63) is 39.4 Å². The maximum absolute atomic E-state index is 12.0. The van der Waals surface area contributed by atoms with Crippen molar-refractivity contribution in [3.63, 3.8) is 0 Å². The number of hydrogen-bond acceptors (Lipinski definition) is 5. The highest BCUT2D eigenvalue weighted by atomic mass is 16.6. The van der Waals surface area contributed by atoms with Gasteiger partial charge in [0.05, 0.1) is 16.9 Å². The van der Waals surface area contributed by atoms with E-state index < -0.39 is 28.1 Å². The fourth-order valence-electron chi connectivity index (χ4n) is 2.47. The fraction of sp³-hybridized carbons (Fsp3) is 0.471. The van der Waals surface area contributed by atoms with E-state index in [1.54, 1.807) is 13.8 Å².